The zero-order valence-electron chi connectivity index (χ0n) is 12.4. The second-order valence-corrected chi connectivity index (χ2v) is 5.09. The lowest BCUT2D eigenvalue weighted by Gasteiger charge is -2.26. The van der Waals surface area contributed by atoms with Crippen molar-refractivity contribution in [3.8, 4) is 0 Å². The Bertz CT molecular complexity index is 477. The average Bonchev–Trinajstić information content (AvgIpc) is 2.94. The van der Waals surface area contributed by atoms with E-state index >= 15 is 0 Å². The lowest BCUT2D eigenvalue weighted by Crippen LogP contribution is -2.42. The minimum atomic E-state index is -0.118. The van der Waals surface area contributed by atoms with Gasteiger partial charge < -0.3 is 15.5 Å². The highest BCUT2D eigenvalue weighted by Gasteiger charge is 2.32. The second-order valence-electron chi connectivity index (χ2n) is 5.09. The molecule has 1 unspecified atom stereocenters. The van der Waals surface area contributed by atoms with Crippen molar-refractivity contribution in [3.63, 3.8) is 0 Å². The quantitative estimate of drug-likeness (QED) is 0.849. The zero-order chi connectivity index (χ0) is 14.5. The molecule has 2 N–H and O–H groups in total. The number of aryl methyl sites for hydroxylation is 1. The van der Waals surface area contributed by atoms with Gasteiger partial charge in [-0.2, -0.15) is 4.98 Å². The molecule has 0 aliphatic carbocycles. The van der Waals surface area contributed by atoms with Crippen LogP contribution in [0.4, 0.5) is 11.8 Å². The van der Waals surface area contributed by atoms with Gasteiger partial charge >= 0.3 is 0 Å². The summed E-state index contributed by atoms with van der Waals surface area (Å²) in [5, 5.41) is 5.93. The van der Waals surface area contributed by atoms with Crippen LogP contribution in [0.5, 0.6) is 0 Å². The molecule has 1 fully saturated rings. The molecule has 110 valence electrons. The highest BCUT2D eigenvalue weighted by Crippen LogP contribution is 2.27. The number of amides is 1. The summed E-state index contributed by atoms with van der Waals surface area (Å²) in [4.78, 5) is 22.9. The third kappa shape index (κ3) is 3.00. The van der Waals surface area contributed by atoms with E-state index < -0.39 is 0 Å². The summed E-state index contributed by atoms with van der Waals surface area (Å²) in [6, 6.07) is -0.118. The summed E-state index contributed by atoms with van der Waals surface area (Å²) in [5.41, 5.74) is 1.00. The number of rotatable bonds is 5. The van der Waals surface area contributed by atoms with Gasteiger partial charge in [0.1, 0.15) is 11.9 Å². The van der Waals surface area contributed by atoms with Gasteiger partial charge in [0.15, 0.2) is 0 Å². The first-order chi connectivity index (χ1) is 9.67. The molecule has 2 heterocycles. The fraction of sp³-hybridized carbons (Fsp3) is 0.643. The predicted molar refractivity (Wildman–Crippen MR) is 80.0 cm³/mol. The Hall–Kier alpha value is -1.85. The Morgan fingerprint density at radius 3 is 3.05 bits per heavy atom. The number of nitrogens with one attached hydrogen (secondary N) is 2. The Kier molecular flexibility index (Phi) is 4.76. The van der Waals surface area contributed by atoms with Crippen LogP contribution in [0.3, 0.4) is 0 Å². The van der Waals surface area contributed by atoms with E-state index in [1.54, 1.807) is 7.05 Å². The first-order valence-electron chi connectivity index (χ1n) is 7.23. The van der Waals surface area contributed by atoms with E-state index in [1.165, 1.54) is 0 Å². The maximum absolute atomic E-state index is 12.0. The maximum Gasteiger partial charge on any atom is 0.242 e. The molecule has 0 radical (unpaired) electrons. The highest BCUT2D eigenvalue weighted by molar-refractivity contribution is 5.85. The predicted octanol–water partition coefficient (Wildman–Crippen LogP) is 1.32. The van der Waals surface area contributed by atoms with Gasteiger partial charge in [0.25, 0.3) is 0 Å². The molecule has 6 heteroatoms. The van der Waals surface area contributed by atoms with E-state index in [1.807, 2.05) is 13.1 Å². The Labute approximate surface area is 120 Å². The molecule has 0 bridgehead atoms. The topological polar surface area (TPSA) is 70.2 Å². The molecular formula is C14H23N5O. The van der Waals surface area contributed by atoms with Crippen molar-refractivity contribution in [2.45, 2.75) is 39.2 Å². The van der Waals surface area contributed by atoms with Crippen LogP contribution in [0.2, 0.25) is 0 Å². The second kappa shape index (κ2) is 6.54. The molecule has 1 atom stereocenters. The van der Waals surface area contributed by atoms with Crippen molar-refractivity contribution < 1.29 is 4.79 Å². The third-order valence-electron chi connectivity index (χ3n) is 3.55. The molecule has 1 aliphatic heterocycles. The molecule has 2 rings (SSSR count). The SMILES string of the molecule is CCCNc1ncc(C)c(N2CCCC2C(=O)NC)n1. The standard InChI is InChI=1S/C14H23N5O/c1-4-7-16-14-17-9-10(2)12(18-14)19-8-5-6-11(19)13(20)15-3/h9,11H,4-8H2,1-3H3,(H,15,20)(H,16,17,18). The Balaban J connectivity index is 2.23. The van der Waals surface area contributed by atoms with E-state index in [4.69, 9.17) is 0 Å². The normalized spacial score (nSPS) is 18.1. The van der Waals surface area contributed by atoms with E-state index in [0.29, 0.717) is 5.95 Å². The Morgan fingerprint density at radius 2 is 2.35 bits per heavy atom. The van der Waals surface area contributed by atoms with Crippen LogP contribution < -0.4 is 15.5 Å². The van der Waals surface area contributed by atoms with Crippen molar-refractivity contribution in [1.82, 2.24) is 15.3 Å². The number of hydrogen-bond acceptors (Lipinski definition) is 5. The fourth-order valence-electron chi connectivity index (χ4n) is 2.51. The lowest BCUT2D eigenvalue weighted by atomic mass is 10.2. The molecular weight excluding hydrogens is 254 g/mol. The van der Waals surface area contributed by atoms with Crippen molar-refractivity contribution >= 4 is 17.7 Å². The first-order valence-corrected chi connectivity index (χ1v) is 7.23. The third-order valence-corrected chi connectivity index (χ3v) is 3.55. The molecule has 1 amide bonds. The zero-order valence-corrected chi connectivity index (χ0v) is 12.4. The molecule has 1 aliphatic rings. The van der Waals surface area contributed by atoms with Crippen LogP contribution >= 0.6 is 0 Å². The number of likely N-dealkylation sites (N-methyl/N-ethyl adjacent to an activating group) is 1. The summed E-state index contributed by atoms with van der Waals surface area (Å²) in [6.07, 6.45) is 4.73. The van der Waals surface area contributed by atoms with Gasteiger partial charge in [-0.25, -0.2) is 4.98 Å². The van der Waals surface area contributed by atoms with Crippen molar-refractivity contribution in [2.75, 3.05) is 30.4 Å². The van der Waals surface area contributed by atoms with Crippen LogP contribution in [0.25, 0.3) is 0 Å². The van der Waals surface area contributed by atoms with Gasteiger partial charge in [0, 0.05) is 31.9 Å². The van der Waals surface area contributed by atoms with Gasteiger partial charge in [-0.15, -0.1) is 0 Å². The molecule has 1 saturated heterocycles. The van der Waals surface area contributed by atoms with Crippen LogP contribution in [0, 0.1) is 6.92 Å². The number of hydrogen-bond donors (Lipinski definition) is 2. The van der Waals surface area contributed by atoms with Gasteiger partial charge in [-0.05, 0) is 26.2 Å². The maximum atomic E-state index is 12.0. The molecule has 6 nitrogen and oxygen atoms in total. The molecule has 0 spiro atoms. The van der Waals surface area contributed by atoms with Gasteiger partial charge in [-0.3, -0.25) is 4.79 Å². The minimum Gasteiger partial charge on any atom is -0.357 e. The lowest BCUT2D eigenvalue weighted by molar-refractivity contribution is -0.121. The monoisotopic (exact) mass is 277 g/mol. The summed E-state index contributed by atoms with van der Waals surface area (Å²) >= 11 is 0. The van der Waals surface area contributed by atoms with Gasteiger partial charge in [-0.1, -0.05) is 6.92 Å². The van der Waals surface area contributed by atoms with Crippen molar-refractivity contribution in [2.24, 2.45) is 0 Å². The van der Waals surface area contributed by atoms with Crippen LogP contribution in [0.1, 0.15) is 31.7 Å². The number of aromatic nitrogens is 2. The van der Waals surface area contributed by atoms with Crippen molar-refractivity contribution in [1.29, 1.82) is 0 Å². The largest absolute Gasteiger partial charge is 0.357 e. The molecule has 1 aromatic heterocycles. The summed E-state index contributed by atoms with van der Waals surface area (Å²) in [5.74, 6) is 1.56. The van der Waals surface area contributed by atoms with E-state index in [0.717, 1.165) is 43.7 Å². The highest BCUT2D eigenvalue weighted by atomic mass is 16.2. The summed E-state index contributed by atoms with van der Waals surface area (Å²) < 4.78 is 0. The summed E-state index contributed by atoms with van der Waals surface area (Å²) in [6.45, 7) is 5.80. The van der Waals surface area contributed by atoms with Crippen LogP contribution in [-0.2, 0) is 4.79 Å². The molecule has 0 aromatic carbocycles. The number of carbonyl (C=O) groups excluding carboxylic acids is 1. The molecule has 0 saturated carbocycles. The summed E-state index contributed by atoms with van der Waals surface area (Å²) in [7, 11) is 1.68. The van der Waals surface area contributed by atoms with Crippen LogP contribution in [0.15, 0.2) is 6.20 Å². The van der Waals surface area contributed by atoms with E-state index in [9.17, 15) is 4.79 Å². The van der Waals surface area contributed by atoms with Gasteiger partial charge in [0.2, 0.25) is 11.9 Å². The number of carbonyl (C=O) groups is 1. The van der Waals surface area contributed by atoms with Gasteiger partial charge in [0.05, 0.1) is 0 Å². The van der Waals surface area contributed by atoms with E-state index in [2.05, 4.69) is 32.4 Å². The Morgan fingerprint density at radius 1 is 1.55 bits per heavy atom. The first kappa shape index (κ1) is 14.6. The molecule has 1 aromatic rings. The number of nitrogens with zero attached hydrogens (tertiary/aromatic N) is 3. The smallest absolute Gasteiger partial charge is 0.242 e. The average molecular weight is 277 g/mol. The van der Waals surface area contributed by atoms with Crippen LogP contribution in [-0.4, -0.2) is 42.1 Å². The number of anilines is 2. The van der Waals surface area contributed by atoms with Crippen molar-refractivity contribution in [3.05, 3.63) is 11.8 Å². The molecule has 20 heavy (non-hydrogen) atoms. The van der Waals surface area contributed by atoms with E-state index in [-0.39, 0.29) is 11.9 Å². The minimum absolute atomic E-state index is 0.0589. The fourth-order valence-corrected chi connectivity index (χ4v) is 2.51.